The van der Waals surface area contributed by atoms with Crippen molar-refractivity contribution in [2.75, 3.05) is 11.9 Å². The first kappa shape index (κ1) is 21.6. The Balaban J connectivity index is 1.58. The lowest BCUT2D eigenvalue weighted by molar-refractivity contribution is -0.131. The quantitative estimate of drug-likeness (QED) is 0.431. The second kappa shape index (κ2) is 10.6. The molecule has 158 valence electrons. The van der Waals surface area contributed by atoms with Crippen LogP contribution in [0.5, 0.6) is 11.5 Å². The molecule has 3 aromatic carbocycles. The van der Waals surface area contributed by atoms with Crippen LogP contribution in [0.1, 0.15) is 22.8 Å². The summed E-state index contributed by atoms with van der Waals surface area (Å²) in [5.74, 6) is -0.196. The zero-order valence-electron chi connectivity index (χ0n) is 17.0. The van der Waals surface area contributed by atoms with E-state index in [1.807, 2.05) is 30.3 Å². The topological polar surface area (TPSA) is 93.7 Å². The summed E-state index contributed by atoms with van der Waals surface area (Å²) in [6.07, 6.45) is 0. The van der Waals surface area contributed by atoms with Crippen LogP contribution in [-0.2, 0) is 16.1 Å². The smallest absolute Gasteiger partial charge is 0.308 e. The SMILES string of the molecule is CC(=O)Oc1cccc(C(=O)NCc2ccccc2NC(=O)COc2ccccc2)c1. The second-order valence-electron chi connectivity index (χ2n) is 6.61. The zero-order chi connectivity index (χ0) is 22.1. The molecule has 0 aliphatic rings. The number of benzene rings is 3. The van der Waals surface area contributed by atoms with E-state index in [0.717, 1.165) is 5.56 Å². The maximum Gasteiger partial charge on any atom is 0.308 e. The number of amides is 2. The van der Waals surface area contributed by atoms with Gasteiger partial charge in [-0.3, -0.25) is 14.4 Å². The van der Waals surface area contributed by atoms with Gasteiger partial charge in [-0.15, -0.1) is 0 Å². The molecule has 0 radical (unpaired) electrons. The van der Waals surface area contributed by atoms with Gasteiger partial charge in [-0.2, -0.15) is 0 Å². The van der Waals surface area contributed by atoms with Crippen molar-refractivity contribution in [3.63, 3.8) is 0 Å². The normalized spacial score (nSPS) is 10.1. The van der Waals surface area contributed by atoms with Gasteiger partial charge in [0, 0.05) is 24.7 Å². The van der Waals surface area contributed by atoms with E-state index < -0.39 is 5.97 Å². The van der Waals surface area contributed by atoms with Crippen molar-refractivity contribution in [3.05, 3.63) is 90.0 Å². The first-order chi connectivity index (χ1) is 15.0. The molecule has 31 heavy (non-hydrogen) atoms. The monoisotopic (exact) mass is 418 g/mol. The molecule has 3 rings (SSSR count). The highest BCUT2D eigenvalue weighted by Gasteiger charge is 2.11. The van der Waals surface area contributed by atoms with Crippen molar-refractivity contribution in [1.29, 1.82) is 0 Å². The molecule has 0 atom stereocenters. The highest BCUT2D eigenvalue weighted by molar-refractivity contribution is 5.95. The Bertz CT molecular complexity index is 1070. The number of carbonyl (C=O) groups excluding carboxylic acids is 3. The molecule has 0 fully saturated rings. The van der Waals surface area contributed by atoms with Gasteiger partial charge in [0.05, 0.1) is 0 Å². The predicted octanol–water partition coefficient (Wildman–Crippen LogP) is 3.56. The lowest BCUT2D eigenvalue weighted by Gasteiger charge is -2.13. The average Bonchev–Trinajstić information content (AvgIpc) is 2.77. The van der Waals surface area contributed by atoms with E-state index in [2.05, 4.69) is 10.6 Å². The summed E-state index contributed by atoms with van der Waals surface area (Å²) in [6, 6.07) is 22.6. The fourth-order valence-electron chi connectivity index (χ4n) is 2.79. The van der Waals surface area contributed by atoms with Crippen LogP contribution in [0.2, 0.25) is 0 Å². The van der Waals surface area contributed by atoms with Gasteiger partial charge in [-0.05, 0) is 42.0 Å². The van der Waals surface area contributed by atoms with Gasteiger partial charge in [0.15, 0.2) is 6.61 Å². The molecule has 0 saturated heterocycles. The fraction of sp³-hybridized carbons (Fsp3) is 0.125. The van der Waals surface area contributed by atoms with Crippen LogP contribution in [0.25, 0.3) is 0 Å². The molecule has 7 nitrogen and oxygen atoms in total. The van der Waals surface area contributed by atoms with E-state index in [1.165, 1.54) is 13.0 Å². The van der Waals surface area contributed by atoms with E-state index in [-0.39, 0.29) is 25.0 Å². The third-order valence-corrected chi connectivity index (χ3v) is 4.20. The van der Waals surface area contributed by atoms with Crippen molar-refractivity contribution < 1.29 is 23.9 Å². The van der Waals surface area contributed by atoms with E-state index >= 15 is 0 Å². The lowest BCUT2D eigenvalue weighted by atomic mass is 10.1. The maximum atomic E-state index is 12.5. The Hall–Kier alpha value is -4.13. The molecule has 0 spiro atoms. The van der Waals surface area contributed by atoms with Crippen molar-refractivity contribution in [1.82, 2.24) is 5.32 Å². The van der Waals surface area contributed by atoms with Crippen LogP contribution in [0.3, 0.4) is 0 Å². The summed E-state index contributed by atoms with van der Waals surface area (Å²) in [4.78, 5) is 35.8. The van der Waals surface area contributed by atoms with Gasteiger partial charge in [0.25, 0.3) is 11.8 Å². The van der Waals surface area contributed by atoms with Crippen LogP contribution >= 0.6 is 0 Å². The van der Waals surface area contributed by atoms with Crippen LogP contribution in [0.4, 0.5) is 5.69 Å². The molecule has 0 aliphatic heterocycles. The molecule has 0 bridgehead atoms. The van der Waals surface area contributed by atoms with Gasteiger partial charge >= 0.3 is 5.97 Å². The molecule has 0 aromatic heterocycles. The standard InChI is InChI=1S/C24H22N2O5/c1-17(27)31-21-12-7-9-18(14-21)24(29)25-15-19-8-5-6-13-22(19)26-23(28)16-30-20-10-3-2-4-11-20/h2-14H,15-16H2,1H3,(H,25,29)(H,26,28). The van der Waals surface area contributed by atoms with Crippen LogP contribution < -0.4 is 20.1 Å². The highest BCUT2D eigenvalue weighted by Crippen LogP contribution is 2.17. The zero-order valence-corrected chi connectivity index (χ0v) is 17.0. The summed E-state index contributed by atoms with van der Waals surface area (Å²) in [5.41, 5.74) is 1.68. The van der Waals surface area contributed by atoms with Crippen molar-refractivity contribution in [2.24, 2.45) is 0 Å². The van der Waals surface area contributed by atoms with Crippen LogP contribution in [-0.4, -0.2) is 24.4 Å². The molecule has 7 heteroatoms. The van der Waals surface area contributed by atoms with Crippen molar-refractivity contribution in [2.45, 2.75) is 13.5 Å². The van der Waals surface area contributed by atoms with Gasteiger partial charge in [0.2, 0.25) is 0 Å². The lowest BCUT2D eigenvalue weighted by Crippen LogP contribution is -2.25. The van der Waals surface area contributed by atoms with Gasteiger partial charge in [0.1, 0.15) is 11.5 Å². The first-order valence-corrected chi connectivity index (χ1v) is 9.63. The Kier molecular flexibility index (Phi) is 7.37. The largest absolute Gasteiger partial charge is 0.484 e. The third kappa shape index (κ3) is 6.71. The molecule has 0 aliphatic carbocycles. The summed E-state index contributed by atoms with van der Waals surface area (Å²) in [7, 11) is 0. The van der Waals surface area contributed by atoms with E-state index in [0.29, 0.717) is 22.7 Å². The van der Waals surface area contributed by atoms with E-state index in [9.17, 15) is 14.4 Å². The number of hydrogen-bond acceptors (Lipinski definition) is 5. The Labute approximate surface area is 180 Å². The number of rotatable bonds is 8. The number of carbonyl (C=O) groups is 3. The molecular formula is C24H22N2O5. The maximum absolute atomic E-state index is 12.5. The second-order valence-corrected chi connectivity index (χ2v) is 6.61. The Morgan fingerprint density at radius 3 is 2.32 bits per heavy atom. The minimum absolute atomic E-state index is 0.131. The van der Waals surface area contributed by atoms with E-state index in [1.54, 1.807) is 42.5 Å². The Morgan fingerprint density at radius 1 is 0.839 bits per heavy atom. The van der Waals surface area contributed by atoms with Crippen LogP contribution in [0.15, 0.2) is 78.9 Å². The van der Waals surface area contributed by atoms with Gasteiger partial charge < -0.3 is 20.1 Å². The summed E-state index contributed by atoms with van der Waals surface area (Å²) >= 11 is 0. The van der Waals surface area contributed by atoms with Gasteiger partial charge in [-0.1, -0.05) is 42.5 Å². The van der Waals surface area contributed by atoms with Crippen molar-refractivity contribution >= 4 is 23.5 Å². The molecule has 3 aromatic rings. The first-order valence-electron chi connectivity index (χ1n) is 9.63. The highest BCUT2D eigenvalue weighted by atomic mass is 16.5. The number of ether oxygens (including phenoxy) is 2. The average molecular weight is 418 g/mol. The molecular weight excluding hydrogens is 396 g/mol. The molecule has 0 heterocycles. The van der Waals surface area contributed by atoms with Gasteiger partial charge in [-0.25, -0.2) is 0 Å². The fourth-order valence-corrected chi connectivity index (χ4v) is 2.79. The number of nitrogens with one attached hydrogen (secondary N) is 2. The molecule has 0 unspecified atom stereocenters. The molecule has 2 N–H and O–H groups in total. The van der Waals surface area contributed by atoms with Crippen molar-refractivity contribution in [3.8, 4) is 11.5 Å². The Morgan fingerprint density at radius 2 is 1.55 bits per heavy atom. The predicted molar refractivity (Wildman–Crippen MR) is 116 cm³/mol. The summed E-state index contributed by atoms with van der Waals surface area (Å²) < 4.78 is 10.5. The minimum atomic E-state index is -0.460. The molecule has 0 saturated carbocycles. The summed E-state index contributed by atoms with van der Waals surface area (Å²) in [5, 5.41) is 5.61. The number of hydrogen-bond donors (Lipinski definition) is 2. The number of esters is 1. The third-order valence-electron chi connectivity index (χ3n) is 4.20. The minimum Gasteiger partial charge on any atom is -0.484 e. The number of anilines is 1. The van der Waals surface area contributed by atoms with Crippen LogP contribution in [0, 0.1) is 0 Å². The molecule has 2 amide bonds. The summed E-state index contributed by atoms with van der Waals surface area (Å²) in [6.45, 7) is 1.36. The van der Waals surface area contributed by atoms with E-state index in [4.69, 9.17) is 9.47 Å². The number of para-hydroxylation sites is 2.